The molecule has 0 spiro atoms. The Morgan fingerprint density at radius 1 is 1.21 bits per heavy atom. The molecule has 2 heterocycles. The van der Waals surface area contributed by atoms with Gasteiger partial charge in [0.15, 0.2) is 5.65 Å². The second-order valence-corrected chi connectivity index (χ2v) is 4.46. The maximum absolute atomic E-state index is 10.3. The molecule has 1 aromatic carbocycles. The fraction of sp³-hybridized carbons (Fsp3) is 0.214. The quantitative estimate of drug-likeness (QED) is 0.771. The van der Waals surface area contributed by atoms with Crippen molar-refractivity contribution in [3.05, 3.63) is 54.1 Å². The number of rotatable bonds is 3. The Morgan fingerprint density at radius 3 is 2.79 bits per heavy atom. The molecule has 0 fully saturated rings. The third-order valence-electron chi connectivity index (χ3n) is 3.18. The van der Waals surface area contributed by atoms with Crippen molar-refractivity contribution in [2.75, 3.05) is 0 Å². The standard InChI is InChI=1S/C14H14N4O/c1-18-14-11(8-17-18)12(15-9-16-14)7-13(19)10-5-3-2-4-6-10/h2-6,8-9,13,19H,7H2,1H3. The molecule has 96 valence electrons. The zero-order chi connectivity index (χ0) is 13.2. The van der Waals surface area contributed by atoms with Gasteiger partial charge in [-0.25, -0.2) is 9.97 Å². The van der Waals surface area contributed by atoms with Crippen LogP contribution in [0.4, 0.5) is 0 Å². The van der Waals surface area contributed by atoms with Crippen molar-refractivity contribution in [2.45, 2.75) is 12.5 Å². The van der Waals surface area contributed by atoms with Crippen LogP contribution < -0.4 is 0 Å². The molecule has 0 aliphatic carbocycles. The van der Waals surface area contributed by atoms with Crippen molar-refractivity contribution in [3.8, 4) is 0 Å². The molecule has 3 rings (SSSR count). The van der Waals surface area contributed by atoms with Gasteiger partial charge in [0.2, 0.25) is 0 Å². The van der Waals surface area contributed by atoms with E-state index in [9.17, 15) is 5.11 Å². The molecule has 5 nitrogen and oxygen atoms in total. The van der Waals surface area contributed by atoms with Gasteiger partial charge in [-0.1, -0.05) is 30.3 Å². The van der Waals surface area contributed by atoms with E-state index in [1.165, 1.54) is 6.33 Å². The van der Waals surface area contributed by atoms with Crippen molar-refractivity contribution in [2.24, 2.45) is 7.05 Å². The first-order valence-electron chi connectivity index (χ1n) is 6.10. The fourth-order valence-electron chi connectivity index (χ4n) is 2.15. The molecular formula is C14H14N4O. The summed E-state index contributed by atoms with van der Waals surface area (Å²) < 4.78 is 1.70. The van der Waals surface area contributed by atoms with Gasteiger partial charge in [0.25, 0.3) is 0 Å². The van der Waals surface area contributed by atoms with Crippen LogP contribution in [0.25, 0.3) is 11.0 Å². The van der Waals surface area contributed by atoms with E-state index in [0.29, 0.717) is 6.42 Å². The van der Waals surface area contributed by atoms with Gasteiger partial charge in [-0.15, -0.1) is 0 Å². The van der Waals surface area contributed by atoms with Gasteiger partial charge in [0.05, 0.1) is 23.4 Å². The molecule has 0 radical (unpaired) electrons. The lowest BCUT2D eigenvalue weighted by molar-refractivity contribution is 0.177. The average Bonchev–Trinajstić information content (AvgIpc) is 2.83. The summed E-state index contributed by atoms with van der Waals surface area (Å²) in [6.07, 6.45) is 3.13. The maximum atomic E-state index is 10.3. The van der Waals surface area contributed by atoms with Crippen LogP contribution in [0.5, 0.6) is 0 Å². The van der Waals surface area contributed by atoms with Crippen LogP contribution in [0.2, 0.25) is 0 Å². The van der Waals surface area contributed by atoms with Crippen molar-refractivity contribution < 1.29 is 5.11 Å². The normalized spacial score (nSPS) is 12.7. The topological polar surface area (TPSA) is 63.8 Å². The summed E-state index contributed by atoms with van der Waals surface area (Å²) in [5, 5.41) is 15.3. The van der Waals surface area contributed by atoms with Crippen LogP contribution in [0, 0.1) is 0 Å². The highest BCUT2D eigenvalue weighted by molar-refractivity contribution is 5.76. The maximum Gasteiger partial charge on any atom is 0.161 e. The highest BCUT2D eigenvalue weighted by atomic mass is 16.3. The van der Waals surface area contributed by atoms with E-state index in [0.717, 1.165) is 22.3 Å². The van der Waals surface area contributed by atoms with Crippen molar-refractivity contribution >= 4 is 11.0 Å². The highest BCUT2D eigenvalue weighted by Gasteiger charge is 2.13. The highest BCUT2D eigenvalue weighted by Crippen LogP contribution is 2.21. The molecule has 2 aromatic heterocycles. The van der Waals surface area contributed by atoms with Crippen LogP contribution in [0.3, 0.4) is 0 Å². The molecule has 0 saturated heterocycles. The van der Waals surface area contributed by atoms with E-state index in [1.807, 2.05) is 37.4 Å². The lowest BCUT2D eigenvalue weighted by Gasteiger charge is -2.10. The van der Waals surface area contributed by atoms with E-state index < -0.39 is 6.10 Å². The summed E-state index contributed by atoms with van der Waals surface area (Å²) >= 11 is 0. The Labute approximate surface area is 110 Å². The van der Waals surface area contributed by atoms with Crippen molar-refractivity contribution in [3.63, 3.8) is 0 Å². The number of nitrogens with zero attached hydrogens (tertiary/aromatic N) is 4. The molecule has 0 bridgehead atoms. The number of aliphatic hydroxyl groups is 1. The van der Waals surface area contributed by atoms with E-state index in [1.54, 1.807) is 10.9 Å². The van der Waals surface area contributed by atoms with E-state index in [4.69, 9.17) is 0 Å². The van der Waals surface area contributed by atoms with Crippen LogP contribution in [0.1, 0.15) is 17.4 Å². The van der Waals surface area contributed by atoms with E-state index in [2.05, 4.69) is 15.1 Å². The number of aromatic nitrogens is 4. The summed E-state index contributed by atoms with van der Waals surface area (Å²) in [6, 6.07) is 9.58. The Bertz CT molecular complexity index is 693. The van der Waals surface area contributed by atoms with Crippen molar-refractivity contribution in [1.82, 2.24) is 19.7 Å². The number of hydrogen-bond acceptors (Lipinski definition) is 4. The molecule has 1 unspecified atom stereocenters. The third kappa shape index (κ3) is 2.20. The zero-order valence-corrected chi connectivity index (χ0v) is 10.6. The van der Waals surface area contributed by atoms with Gasteiger partial charge >= 0.3 is 0 Å². The van der Waals surface area contributed by atoms with Gasteiger partial charge < -0.3 is 5.11 Å². The van der Waals surface area contributed by atoms with E-state index >= 15 is 0 Å². The summed E-state index contributed by atoms with van der Waals surface area (Å²) in [6.45, 7) is 0. The Hall–Kier alpha value is -2.27. The number of fused-ring (bicyclic) bond motifs is 1. The minimum absolute atomic E-state index is 0.453. The second-order valence-electron chi connectivity index (χ2n) is 4.46. The summed E-state index contributed by atoms with van der Waals surface area (Å²) in [4.78, 5) is 8.45. The minimum Gasteiger partial charge on any atom is -0.388 e. The Morgan fingerprint density at radius 2 is 2.00 bits per heavy atom. The fourth-order valence-corrected chi connectivity index (χ4v) is 2.15. The van der Waals surface area contributed by atoms with Crippen LogP contribution in [-0.4, -0.2) is 24.9 Å². The Kier molecular flexibility index (Phi) is 2.97. The molecular weight excluding hydrogens is 240 g/mol. The van der Waals surface area contributed by atoms with E-state index in [-0.39, 0.29) is 0 Å². The summed E-state index contributed by atoms with van der Waals surface area (Å²) in [5.74, 6) is 0. The predicted molar refractivity (Wildman–Crippen MR) is 71.4 cm³/mol. The lowest BCUT2D eigenvalue weighted by Crippen LogP contribution is -2.04. The molecule has 0 aliphatic heterocycles. The third-order valence-corrected chi connectivity index (χ3v) is 3.18. The van der Waals surface area contributed by atoms with Gasteiger partial charge in [0.1, 0.15) is 6.33 Å². The molecule has 0 amide bonds. The molecule has 0 saturated carbocycles. The first-order valence-corrected chi connectivity index (χ1v) is 6.10. The smallest absolute Gasteiger partial charge is 0.161 e. The largest absolute Gasteiger partial charge is 0.388 e. The van der Waals surface area contributed by atoms with Crippen LogP contribution in [0.15, 0.2) is 42.9 Å². The molecule has 3 aromatic rings. The monoisotopic (exact) mass is 254 g/mol. The molecule has 0 aliphatic rings. The molecule has 19 heavy (non-hydrogen) atoms. The molecule has 1 N–H and O–H groups in total. The molecule has 5 heteroatoms. The van der Waals surface area contributed by atoms with Gasteiger partial charge in [-0.3, -0.25) is 4.68 Å². The van der Waals surface area contributed by atoms with Gasteiger partial charge in [0, 0.05) is 13.5 Å². The number of hydrogen-bond donors (Lipinski definition) is 1. The number of aryl methyl sites for hydroxylation is 1. The van der Waals surface area contributed by atoms with Crippen molar-refractivity contribution in [1.29, 1.82) is 0 Å². The summed E-state index contributed by atoms with van der Waals surface area (Å²) in [7, 11) is 1.84. The predicted octanol–water partition coefficient (Wildman–Crippen LogP) is 1.64. The number of benzene rings is 1. The Balaban J connectivity index is 1.93. The van der Waals surface area contributed by atoms with Gasteiger partial charge in [-0.2, -0.15) is 5.10 Å². The van der Waals surface area contributed by atoms with Gasteiger partial charge in [-0.05, 0) is 5.56 Å². The first-order chi connectivity index (χ1) is 9.25. The minimum atomic E-state index is -0.570. The zero-order valence-electron chi connectivity index (χ0n) is 10.6. The molecule has 1 atom stereocenters. The van der Waals surface area contributed by atoms with Crippen LogP contribution >= 0.6 is 0 Å². The second kappa shape index (κ2) is 4.78. The lowest BCUT2D eigenvalue weighted by atomic mass is 10.0. The SMILES string of the molecule is Cn1ncc2c(CC(O)c3ccccc3)ncnc21. The number of aliphatic hydroxyl groups excluding tert-OH is 1. The summed E-state index contributed by atoms with van der Waals surface area (Å²) in [5.41, 5.74) is 2.48. The van der Waals surface area contributed by atoms with Crippen LogP contribution in [-0.2, 0) is 13.5 Å². The average molecular weight is 254 g/mol. The first kappa shape index (κ1) is 11.8.